The van der Waals surface area contributed by atoms with Crippen molar-refractivity contribution in [2.24, 2.45) is 0 Å². The molecule has 1 amide bonds. The van der Waals surface area contributed by atoms with Gasteiger partial charge in [0.15, 0.2) is 5.69 Å². The predicted molar refractivity (Wildman–Crippen MR) is 67.8 cm³/mol. The SMILES string of the molecule is COC(=O)c1cnc(N2CCNC(=O)C2(C)C)cn1. The second kappa shape index (κ2) is 4.83. The van der Waals surface area contributed by atoms with E-state index in [1.807, 2.05) is 18.7 Å². The minimum absolute atomic E-state index is 0.0578. The second-order valence-corrected chi connectivity index (χ2v) is 4.72. The Morgan fingerprint density at radius 2 is 2.16 bits per heavy atom. The molecule has 0 saturated carbocycles. The van der Waals surface area contributed by atoms with Crippen LogP contribution in [0, 0.1) is 0 Å². The van der Waals surface area contributed by atoms with E-state index in [4.69, 9.17) is 0 Å². The van der Waals surface area contributed by atoms with Crippen molar-refractivity contribution in [2.75, 3.05) is 25.1 Å². The topological polar surface area (TPSA) is 84.4 Å². The summed E-state index contributed by atoms with van der Waals surface area (Å²) in [5.74, 6) is -0.0280. The summed E-state index contributed by atoms with van der Waals surface area (Å²) in [6, 6.07) is 0. The molecule has 0 atom stereocenters. The van der Waals surface area contributed by atoms with E-state index < -0.39 is 11.5 Å². The summed E-state index contributed by atoms with van der Waals surface area (Å²) in [5, 5.41) is 2.81. The first-order chi connectivity index (χ1) is 8.96. The van der Waals surface area contributed by atoms with Gasteiger partial charge < -0.3 is 15.0 Å². The van der Waals surface area contributed by atoms with E-state index >= 15 is 0 Å². The fraction of sp³-hybridized carbons (Fsp3) is 0.500. The van der Waals surface area contributed by atoms with Crippen LogP contribution in [-0.4, -0.2) is 47.6 Å². The lowest BCUT2D eigenvalue weighted by atomic mass is 9.99. The zero-order chi connectivity index (χ0) is 14.0. The van der Waals surface area contributed by atoms with Gasteiger partial charge in [0.05, 0.1) is 19.5 Å². The summed E-state index contributed by atoms with van der Waals surface area (Å²) < 4.78 is 4.56. The Kier molecular flexibility index (Phi) is 3.37. The average Bonchev–Trinajstić information content (AvgIpc) is 2.41. The lowest BCUT2D eigenvalue weighted by Crippen LogP contribution is -2.62. The maximum atomic E-state index is 11.8. The van der Waals surface area contributed by atoms with E-state index in [0.717, 1.165) is 0 Å². The van der Waals surface area contributed by atoms with E-state index in [1.165, 1.54) is 19.5 Å². The van der Waals surface area contributed by atoms with Gasteiger partial charge in [-0.15, -0.1) is 0 Å². The van der Waals surface area contributed by atoms with Crippen LogP contribution in [0.4, 0.5) is 5.82 Å². The van der Waals surface area contributed by atoms with Crippen molar-refractivity contribution in [2.45, 2.75) is 19.4 Å². The number of hydrogen-bond acceptors (Lipinski definition) is 6. The molecule has 0 aliphatic carbocycles. The number of nitrogens with zero attached hydrogens (tertiary/aromatic N) is 3. The highest BCUT2D eigenvalue weighted by molar-refractivity contribution is 5.90. The summed E-state index contributed by atoms with van der Waals surface area (Å²) in [5.41, 5.74) is -0.551. The van der Waals surface area contributed by atoms with Gasteiger partial charge >= 0.3 is 5.97 Å². The third-order valence-corrected chi connectivity index (χ3v) is 3.16. The van der Waals surface area contributed by atoms with Crippen molar-refractivity contribution >= 4 is 17.7 Å². The van der Waals surface area contributed by atoms with Gasteiger partial charge in [0, 0.05) is 13.1 Å². The number of piperazine rings is 1. The summed E-state index contributed by atoms with van der Waals surface area (Å²) in [4.78, 5) is 33.2. The number of ether oxygens (including phenoxy) is 1. The van der Waals surface area contributed by atoms with Crippen LogP contribution in [0.15, 0.2) is 12.4 Å². The van der Waals surface area contributed by atoms with E-state index in [0.29, 0.717) is 18.9 Å². The van der Waals surface area contributed by atoms with Crippen LogP contribution < -0.4 is 10.2 Å². The van der Waals surface area contributed by atoms with Crippen molar-refractivity contribution < 1.29 is 14.3 Å². The number of carbonyl (C=O) groups is 2. The third kappa shape index (κ3) is 2.35. The zero-order valence-corrected chi connectivity index (χ0v) is 11.1. The van der Waals surface area contributed by atoms with Gasteiger partial charge in [0.1, 0.15) is 11.4 Å². The molecule has 1 aromatic heterocycles. The molecule has 2 heterocycles. The van der Waals surface area contributed by atoms with E-state index in [2.05, 4.69) is 20.0 Å². The minimum Gasteiger partial charge on any atom is -0.464 e. The van der Waals surface area contributed by atoms with Crippen LogP contribution in [0.2, 0.25) is 0 Å². The molecule has 2 rings (SSSR count). The first-order valence-electron chi connectivity index (χ1n) is 5.93. The molecule has 1 saturated heterocycles. The highest BCUT2D eigenvalue weighted by Crippen LogP contribution is 2.23. The number of nitrogens with one attached hydrogen (secondary N) is 1. The molecule has 1 aromatic rings. The number of anilines is 1. The monoisotopic (exact) mass is 264 g/mol. The summed E-state index contributed by atoms with van der Waals surface area (Å²) in [7, 11) is 1.29. The largest absolute Gasteiger partial charge is 0.464 e. The summed E-state index contributed by atoms with van der Waals surface area (Å²) >= 11 is 0. The Morgan fingerprint density at radius 1 is 1.42 bits per heavy atom. The van der Waals surface area contributed by atoms with Crippen molar-refractivity contribution in [3.63, 3.8) is 0 Å². The molecule has 102 valence electrons. The standard InChI is InChI=1S/C12H16N4O3/c1-12(2)11(18)13-4-5-16(12)9-7-14-8(6-15-9)10(17)19-3/h6-7H,4-5H2,1-3H3,(H,13,18). The number of esters is 1. The highest BCUT2D eigenvalue weighted by Gasteiger charge is 2.38. The molecule has 0 aromatic carbocycles. The first-order valence-corrected chi connectivity index (χ1v) is 5.93. The fourth-order valence-electron chi connectivity index (χ4n) is 1.97. The molecule has 1 aliphatic rings. The number of carbonyl (C=O) groups excluding carboxylic acids is 2. The number of methoxy groups -OCH3 is 1. The van der Waals surface area contributed by atoms with Gasteiger partial charge in [-0.05, 0) is 13.8 Å². The second-order valence-electron chi connectivity index (χ2n) is 4.72. The van der Waals surface area contributed by atoms with Crippen LogP contribution in [0.1, 0.15) is 24.3 Å². The molecule has 0 bridgehead atoms. The van der Waals surface area contributed by atoms with Gasteiger partial charge in [-0.3, -0.25) is 4.79 Å². The summed E-state index contributed by atoms with van der Waals surface area (Å²) in [6.45, 7) is 4.84. The van der Waals surface area contributed by atoms with Gasteiger partial charge in [-0.1, -0.05) is 0 Å². The lowest BCUT2D eigenvalue weighted by molar-refractivity contribution is -0.126. The molecular weight excluding hydrogens is 248 g/mol. The van der Waals surface area contributed by atoms with Crippen LogP contribution in [0.5, 0.6) is 0 Å². The normalized spacial score (nSPS) is 17.8. The van der Waals surface area contributed by atoms with Crippen LogP contribution in [0.3, 0.4) is 0 Å². The Hall–Kier alpha value is -2.18. The Morgan fingerprint density at radius 3 is 2.74 bits per heavy atom. The average molecular weight is 264 g/mol. The molecule has 0 unspecified atom stereocenters. The first kappa shape index (κ1) is 13.3. The quantitative estimate of drug-likeness (QED) is 0.756. The Bertz CT molecular complexity index is 498. The molecular formula is C12H16N4O3. The van der Waals surface area contributed by atoms with Gasteiger partial charge in [0.2, 0.25) is 5.91 Å². The maximum Gasteiger partial charge on any atom is 0.358 e. The number of aromatic nitrogens is 2. The molecule has 7 heteroatoms. The molecule has 0 spiro atoms. The van der Waals surface area contributed by atoms with Crippen LogP contribution in [0.25, 0.3) is 0 Å². The molecule has 7 nitrogen and oxygen atoms in total. The zero-order valence-electron chi connectivity index (χ0n) is 11.1. The molecule has 1 fully saturated rings. The highest BCUT2D eigenvalue weighted by atomic mass is 16.5. The van der Waals surface area contributed by atoms with Crippen molar-refractivity contribution in [1.29, 1.82) is 0 Å². The summed E-state index contributed by atoms with van der Waals surface area (Å²) in [6.07, 6.45) is 2.83. The Balaban J connectivity index is 2.26. The van der Waals surface area contributed by atoms with Gasteiger partial charge in [-0.2, -0.15) is 0 Å². The lowest BCUT2D eigenvalue weighted by Gasteiger charge is -2.41. The molecule has 0 radical (unpaired) electrons. The van der Waals surface area contributed by atoms with E-state index in [1.54, 1.807) is 0 Å². The molecule has 1 aliphatic heterocycles. The van der Waals surface area contributed by atoms with Crippen LogP contribution in [-0.2, 0) is 9.53 Å². The van der Waals surface area contributed by atoms with Crippen LogP contribution >= 0.6 is 0 Å². The van der Waals surface area contributed by atoms with Gasteiger partial charge in [-0.25, -0.2) is 14.8 Å². The van der Waals surface area contributed by atoms with E-state index in [-0.39, 0.29) is 11.6 Å². The number of rotatable bonds is 2. The smallest absolute Gasteiger partial charge is 0.358 e. The molecule has 1 N–H and O–H groups in total. The maximum absolute atomic E-state index is 11.8. The third-order valence-electron chi connectivity index (χ3n) is 3.16. The van der Waals surface area contributed by atoms with Crippen molar-refractivity contribution in [1.82, 2.24) is 15.3 Å². The van der Waals surface area contributed by atoms with Crippen molar-refractivity contribution in [3.8, 4) is 0 Å². The molecule has 19 heavy (non-hydrogen) atoms. The Labute approximate surface area is 111 Å². The predicted octanol–water partition coefficient (Wildman–Crippen LogP) is -0.0220. The van der Waals surface area contributed by atoms with E-state index in [9.17, 15) is 9.59 Å². The van der Waals surface area contributed by atoms with Crippen molar-refractivity contribution in [3.05, 3.63) is 18.1 Å². The number of hydrogen-bond donors (Lipinski definition) is 1. The minimum atomic E-state index is -0.695. The fourth-order valence-corrected chi connectivity index (χ4v) is 1.97. The number of amides is 1. The van der Waals surface area contributed by atoms with Gasteiger partial charge in [0.25, 0.3) is 0 Å².